The van der Waals surface area contributed by atoms with Crippen molar-refractivity contribution in [2.45, 2.75) is 18.8 Å². The first-order valence-corrected chi connectivity index (χ1v) is 9.17. The van der Waals surface area contributed by atoms with E-state index in [4.69, 9.17) is 4.74 Å². The van der Waals surface area contributed by atoms with E-state index in [1.165, 1.54) is 0 Å². The average Bonchev–Trinajstić information content (AvgIpc) is 3.31. The predicted molar refractivity (Wildman–Crippen MR) is 104 cm³/mol. The molecule has 1 saturated heterocycles. The van der Waals surface area contributed by atoms with E-state index in [1.54, 1.807) is 9.58 Å². The molecule has 6 heteroatoms. The van der Waals surface area contributed by atoms with E-state index in [0.717, 1.165) is 22.2 Å². The summed E-state index contributed by atoms with van der Waals surface area (Å²) in [7, 11) is 0. The van der Waals surface area contributed by atoms with Crippen LogP contribution in [0.3, 0.4) is 0 Å². The van der Waals surface area contributed by atoms with E-state index in [1.807, 2.05) is 84.9 Å². The Bertz CT molecular complexity index is 1110. The van der Waals surface area contributed by atoms with Gasteiger partial charge >= 0.3 is 6.09 Å². The molecule has 4 aromatic rings. The molecule has 138 valence electrons. The molecule has 1 aromatic heterocycles. The van der Waals surface area contributed by atoms with Crippen LogP contribution in [0.1, 0.15) is 23.4 Å². The summed E-state index contributed by atoms with van der Waals surface area (Å²) in [6.07, 6.45) is -1.26. The smallest absolute Gasteiger partial charge is 0.412 e. The SMILES string of the molecule is O=C1OC(c2ccccc2)C(n2nnc3ccccc32)N1Cc1ccccc1. The van der Waals surface area contributed by atoms with Crippen molar-refractivity contribution in [2.75, 3.05) is 0 Å². The van der Waals surface area contributed by atoms with Gasteiger partial charge in [-0.1, -0.05) is 78.0 Å². The zero-order chi connectivity index (χ0) is 18.9. The number of carbonyl (C=O) groups excluding carboxylic acids is 1. The molecular weight excluding hydrogens is 352 g/mol. The number of ether oxygens (including phenoxy) is 1. The Morgan fingerprint density at radius 1 is 0.857 bits per heavy atom. The van der Waals surface area contributed by atoms with Gasteiger partial charge in [-0.25, -0.2) is 9.48 Å². The van der Waals surface area contributed by atoms with Gasteiger partial charge in [0.15, 0.2) is 12.3 Å². The lowest BCUT2D eigenvalue weighted by Crippen LogP contribution is -2.32. The summed E-state index contributed by atoms with van der Waals surface area (Å²) >= 11 is 0. The molecular formula is C22H18N4O2. The number of aromatic nitrogens is 3. The number of benzene rings is 3. The van der Waals surface area contributed by atoms with Crippen LogP contribution in [-0.2, 0) is 11.3 Å². The van der Waals surface area contributed by atoms with E-state index < -0.39 is 12.3 Å². The number of cyclic esters (lactones) is 1. The number of amides is 1. The van der Waals surface area contributed by atoms with Crippen LogP contribution in [-0.4, -0.2) is 26.0 Å². The van der Waals surface area contributed by atoms with Gasteiger partial charge in [0.05, 0.1) is 12.1 Å². The Hall–Kier alpha value is -3.67. The van der Waals surface area contributed by atoms with Gasteiger partial charge in [0, 0.05) is 0 Å². The van der Waals surface area contributed by atoms with Gasteiger partial charge in [-0.3, -0.25) is 4.90 Å². The van der Waals surface area contributed by atoms with E-state index in [-0.39, 0.29) is 6.09 Å². The number of rotatable bonds is 4. The minimum absolute atomic E-state index is 0.359. The van der Waals surface area contributed by atoms with Crippen molar-refractivity contribution >= 4 is 17.1 Å². The summed E-state index contributed by atoms with van der Waals surface area (Å²) in [6, 6.07) is 27.4. The van der Waals surface area contributed by atoms with E-state index in [2.05, 4.69) is 10.3 Å². The van der Waals surface area contributed by atoms with E-state index in [9.17, 15) is 4.79 Å². The van der Waals surface area contributed by atoms with Crippen LogP contribution in [0.25, 0.3) is 11.0 Å². The predicted octanol–water partition coefficient (Wildman–Crippen LogP) is 4.32. The summed E-state index contributed by atoms with van der Waals surface area (Å²) in [5, 5.41) is 8.65. The molecule has 3 aromatic carbocycles. The second-order valence-corrected chi connectivity index (χ2v) is 6.76. The van der Waals surface area contributed by atoms with Gasteiger partial charge in [-0.2, -0.15) is 0 Å². The molecule has 2 atom stereocenters. The van der Waals surface area contributed by atoms with Gasteiger partial charge < -0.3 is 4.74 Å². The van der Waals surface area contributed by atoms with Crippen LogP contribution < -0.4 is 0 Å². The third-order valence-corrected chi connectivity index (χ3v) is 5.00. The molecule has 2 unspecified atom stereocenters. The van der Waals surface area contributed by atoms with Gasteiger partial charge in [-0.05, 0) is 23.3 Å². The number of hydrogen-bond donors (Lipinski definition) is 0. The third-order valence-electron chi connectivity index (χ3n) is 5.00. The minimum Gasteiger partial charge on any atom is -0.437 e. The Morgan fingerprint density at radius 3 is 2.32 bits per heavy atom. The Balaban J connectivity index is 1.62. The molecule has 0 saturated carbocycles. The fourth-order valence-corrected chi connectivity index (χ4v) is 3.67. The largest absolute Gasteiger partial charge is 0.437 e. The normalized spacial score (nSPS) is 19.1. The zero-order valence-corrected chi connectivity index (χ0v) is 15.1. The highest BCUT2D eigenvalue weighted by molar-refractivity contribution is 5.75. The van der Waals surface area contributed by atoms with Gasteiger partial charge in [0.1, 0.15) is 5.52 Å². The number of para-hydroxylation sites is 1. The molecule has 0 N–H and O–H groups in total. The minimum atomic E-state index is -0.470. The van der Waals surface area contributed by atoms with Crippen molar-refractivity contribution < 1.29 is 9.53 Å². The first-order valence-electron chi connectivity index (χ1n) is 9.17. The maximum absolute atomic E-state index is 12.8. The highest BCUT2D eigenvalue weighted by Crippen LogP contribution is 2.41. The molecule has 0 bridgehead atoms. The first kappa shape index (κ1) is 16.5. The molecule has 1 aliphatic heterocycles. The van der Waals surface area contributed by atoms with Crippen molar-refractivity contribution in [3.05, 3.63) is 96.1 Å². The second-order valence-electron chi connectivity index (χ2n) is 6.76. The maximum atomic E-state index is 12.8. The molecule has 1 aliphatic rings. The lowest BCUT2D eigenvalue weighted by Gasteiger charge is -2.25. The molecule has 28 heavy (non-hydrogen) atoms. The van der Waals surface area contributed by atoms with Crippen molar-refractivity contribution in [1.29, 1.82) is 0 Å². The summed E-state index contributed by atoms with van der Waals surface area (Å²) in [6.45, 7) is 0.432. The van der Waals surface area contributed by atoms with E-state index in [0.29, 0.717) is 6.54 Å². The molecule has 1 amide bonds. The van der Waals surface area contributed by atoms with E-state index >= 15 is 0 Å². The molecule has 5 rings (SSSR count). The van der Waals surface area contributed by atoms with Gasteiger partial charge in [0.2, 0.25) is 0 Å². The Kier molecular flexibility index (Phi) is 4.01. The Morgan fingerprint density at radius 2 is 1.54 bits per heavy atom. The second kappa shape index (κ2) is 6.81. The number of hydrogen-bond acceptors (Lipinski definition) is 4. The number of fused-ring (bicyclic) bond motifs is 1. The topological polar surface area (TPSA) is 60.3 Å². The van der Waals surface area contributed by atoms with Gasteiger partial charge in [-0.15, -0.1) is 5.10 Å². The molecule has 2 heterocycles. The van der Waals surface area contributed by atoms with Crippen LogP contribution >= 0.6 is 0 Å². The van der Waals surface area contributed by atoms with Crippen molar-refractivity contribution in [3.8, 4) is 0 Å². The summed E-state index contributed by atoms with van der Waals surface area (Å²) in [5.41, 5.74) is 3.61. The molecule has 6 nitrogen and oxygen atoms in total. The summed E-state index contributed by atoms with van der Waals surface area (Å²) < 4.78 is 7.61. The average molecular weight is 370 g/mol. The highest BCUT2D eigenvalue weighted by atomic mass is 16.6. The zero-order valence-electron chi connectivity index (χ0n) is 15.1. The monoisotopic (exact) mass is 370 g/mol. The quantitative estimate of drug-likeness (QED) is 0.537. The number of nitrogens with zero attached hydrogens (tertiary/aromatic N) is 4. The molecule has 0 spiro atoms. The number of carbonyl (C=O) groups is 1. The maximum Gasteiger partial charge on any atom is 0.412 e. The van der Waals surface area contributed by atoms with Crippen molar-refractivity contribution in [1.82, 2.24) is 19.9 Å². The summed E-state index contributed by atoms with van der Waals surface area (Å²) in [4.78, 5) is 14.6. The van der Waals surface area contributed by atoms with Crippen LogP contribution in [0.15, 0.2) is 84.9 Å². The Labute approximate surface area is 162 Å². The third kappa shape index (κ3) is 2.79. The summed E-state index contributed by atoms with van der Waals surface area (Å²) in [5.74, 6) is 0. The van der Waals surface area contributed by atoms with Gasteiger partial charge in [0.25, 0.3) is 0 Å². The lowest BCUT2D eigenvalue weighted by atomic mass is 10.1. The fourth-order valence-electron chi connectivity index (χ4n) is 3.67. The van der Waals surface area contributed by atoms with Crippen LogP contribution in [0, 0.1) is 0 Å². The van der Waals surface area contributed by atoms with Crippen LogP contribution in [0.5, 0.6) is 0 Å². The molecule has 0 aliphatic carbocycles. The standard InChI is InChI=1S/C22H18N4O2/c27-22-25(15-16-9-3-1-4-10-16)21(20(28-22)17-11-5-2-6-12-17)26-19-14-8-7-13-18(19)23-24-26/h1-14,20-21H,15H2. The van der Waals surface area contributed by atoms with Crippen molar-refractivity contribution in [3.63, 3.8) is 0 Å². The molecule has 0 radical (unpaired) electrons. The fraction of sp³-hybridized carbons (Fsp3) is 0.136. The van der Waals surface area contributed by atoms with Crippen LogP contribution in [0.4, 0.5) is 4.79 Å². The van der Waals surface area contributed by atoms with Crippen molar-refractivity contribution in [2.24, 2.45) is 0 Å². The van der Waals surface area contributed by atoms with Crippen LogP contribution in [0.2, 0.25) is 0 Å². The first-order chi connectivity index (χ1) is 13.8. The lowest BCUT2D eigenvalue weighted by molar-refractivity contribution is 0.119. The highest BCUT2D eigenvalue weighted by Gasteiger charge is 2.45. The molecule has 1 fully saturated rings.